The molecule has 0 heterocycles. The summed E-state index contributed by atoms with van der Waals surface area (Å²) in [5.74, 6) is 0.399. The Balaban J connectivity index is 2.32. The van der Waals surface area contributed by atoms with Gasteiger partial charge in [-0.15, -0.1) is 0 Å². The van der Waals surface area contributed by atoms with Crippen molar-refractivity contribution in [2.45, 2.75) is 40.0 Å². The first-order valence-electron chi connectivity index (χ1n) is 10.7. The van der Waals surface area contributed by atoms with Crippen LogP contribution in [0.25, 0.3) is 0 Å². The molecule has 5 nitrogen and oxygen atoms in total. The third-order valence-electron chi connectivity index (χ3n) is 5.51. The average molecular weight is 427 g/mol. The maximum absolute atomic E-state index is 13.2. The Kier molecular flexibility index (Phi) is 8.20. The fourth-order valence-electron chi connectivity index (χ4n) is 3.68. The molecular weight excluding hydrogens is 391 g/mol. The number of halogens is 1. The Bertz CT molecular complexity index is 891. The number of urea groups is 1. The largest absolute Gasteiger partial charge is 0.355 e. The van der Waals surface area contributed by atoms with Crippen LogP contribution in [0.15, 0.2) is 42.5 Å². The topological polar surface area (TPSA) is 68.2 Å². The molecule has 0 spiro atoms. The van der Waals surface area contributed by atoms with E-state index in [9.17, 15) is 9.18 Å². The molecule has 2 amide bonds. The van der Waals surface area contributed by atoms with E-state index in [1.165, 1.54) is 23.2 Å². The van der Waals surface area contributed by atoms with Crippen LogP contribution in [0.5, 0.6) is 0 Å². The second-order valence-corrected chi connectivity index (χ2v) is 9.35. The smallest absolute Gasteiger partial charge is 0.316 e. The zero-order valence-corrected chi connectivity index (χ0v) is 19.4. The molecule has 0 aliphatic heterocycles. The lowest BCUT2D eigenvalue weighted by molar-refractivity contribution is 0.200. The van der Waals surface area contributed by atoms with Crippen LogP contribution >= 0.6 is 0 Å². The lowest BCUT2D eigenvalue weighted by atomic mass is 9.71. The first-order chi connectivity index (χ1) is 14.5. The lowest BCUT2D eigenvalue weighted by Gasteiger charge is -2.37. The van der Waals surface area contributed by atoms with Crippen LogP contribution < -0.4 is 10.6 Å². The van der Waals surface area contributed by atoms with Crippen LogP contribution in [-0.4, -0.2) is 37.8 Å². The van der Waals surface area contributed by atoms with E-state index in [-0.39, 0.29) is 23.2 Å². The number of benzene rings is 2. The van der Waals surface area contributed by atoms with Gasteiger partial charge in [0.25, 0.3) is 0 Å². The minimum atomic E-state index is -0.284. The summed E-state index contributed by atoms with van der Waals surface area (Å²) in [6.07, 6.45) is 2.30. The van der Waals surface area contributed by atoms with E-state index in [0.717, 1.165) is 28.9 Å². The fraction of sp³-hybridized carbons (Fsp3) is 0.440. The van der Waals surface area contributed by atoms with E-state index < -0.39 is 0 Å². The van der Waals surface area contributed by atoms with Crippen LogP contribution in [-0.2, 0) is 0 Å². The van der Waals surface area contributed by atoms with Crippen molar-refractivity contribution in [1.29, 1.82) is 5.41 Å². The van der Waals surface area contributed by atoms with Gasteiger partial charge in [0.2, 0.25) is 0 Å². The zero-order chi connectivity index (χ0) is 23.2. The molecule has 3 N–H and O–H groups in total. The quantitative estimate of drug-likeness (QED) is 0.431. The molecule has 168 valence electrons. The van der Waals surface area contributed by atoms with Gasteiger partial charge in [0.1, 0.15) is 5.82 Å². The van der Waals surface area contributed by atoms with Crippen molar-refractivity contribution in [1.82, 2.24) is 10.2 Å². The van der Waals surface area contributed by atoms with Gasteiger partial charge >= 0.3 is 6.03 Å². The summed E-state index contributed by atoms with van der Waals surface area (Å²) >= 11 is 0. The van der Waals surface area contributed by atoms with E-state index >= 15 is 0 Å². The van der Waals surface area contributed by atoms with E-state index in [2.05, 4.69) is 44.4 Å². The molecular formula is C25H35FN4O. The number of nitrogens with one attached hydrogen (secondary N) is 3. The van der Waals surface area contributed by atoms with Gasteiger partial charge in [-0.25, -0.2) is 9.18 Å². The Morgan fingerprint density at radius 2 is 1.81 bits per heavy atom. The Morgan fingerprint density at radius 1 is 1.16 bits per heavy atom. The highest BCUT2D eigenvalue weighted by Crippen LogP contribution is 2.41. The van der Waals surface area contributed by atoms with Gasteiger partial charge in [0, 0.05) is 43.8 Å². The molecule has 31 heavy (non-hydrogen) atoms. The number of carbonyl (C=O) groups is 1. The maximum Gasteiger partial charge on any atom is 0.316 e. The molecule has 2 rings (SSSR count). The SMILES string of the molecule is CC(C)CC(c1ccc(Nc2ccc(F)cc2)c(C=N)c1)C(C)(C)CNC(=O)N(C)C. The Morgan fingerprint density at radius 3 is 2.35 bits per heavy atom. The summed E-state index contributed by atoms with van der Waals surface area (Å²) in [6.45, 7) is 9.29. The summed E-state index contributed by atoms with van der Waals surface area (Å²) in [6, 6.07) is 12.2. The van der Waals surface area contributed by atoms with Gasteiger partial charge in [0.15, 0.2) is 0 Å². The zero-order valence-electron chi connectivity index (χ0n) is 19.4. The second kappa shape index (κ2) is 10.4. The third-order valence-corrected chi connectivity index (χ3v) is 5.51. The summed E-state index contributed by atoms with van der Waals surface area (Å²) in [4.78, 5) is 13.6. The van der Waals surface area contributed by atoms with Gasteiger partial charge in [-0.2, -0.15) is 0 Å². The van der Waals surface area contributed by atoms with Crippen molar-refractivity contribution in [3.05, 3.63) is 59.4 Å². The van der Waals surface area contributed by atoms with Crippen molar-refractivity contribution in [3.63, 3.8) is 0 Å². The van der Waals surface area contributed by atoms with Gasteiger partial charge < -0.3 is 20.9 Å². The molecule has 0 aromatic heterocycles. The summed E-state index contributed by atoms with van der Waals surface area (Å²) < 4.78 is 13.2. The predicted molar refractivity (Wildman–Crippen MR) is 127 cm³/mol. The van der Waals surface area contributed by atoms with E-state index in [4.69, 9.17) is 5.41 Å². The van der Waals surface area contributed by atoms with E-state index in [0.29, 0.717) is 12.5 Å². The maximum atomic E-state index is 13.2. The van der Waals surface area contributed by atoms with Crippen LogP contribution in [0.4, 0.5) is 20.6 Å². The first kappa shape index (κ1) is 24.4. The molecule has 6 heteroatoms. The minimum Gasteiger partial charge on any atom is -0.355 e. The summed E-state index contributed by atoms with van der Waals surface area (Å²) in [5.41, 5.74) is 3.29. The highest BCUT2D eigenvalue weighted by atomic mass is 19.1. The second-order valence-electron chi connectivity index (χ2n) is 9.35. The normalized spacial score (nSPS) is 12.4. The molecule has 0 saturated heterocycles. The molecule has 0 saturated carbocycles. The van der Waals surface area contributed by atoms with Crippen molar-refractivity contribution < 1.29 is 9.18 Å². The number of nitrogens with zero attached hydrogens (tertiary/aromatic N) is 1. The number of hydrogen-bond donors (Lipinski definition) is 3. The molecule has 0 radical (unpaired) electrons. The number of anilines is 2. The molecule has 0 aliphatic carbocycles. The summed E-state index contributed by atoms with van der Waals surface area (Å²) in [5, 5.41) is 14.2. The molecule has 0 bridgehead atoms. The van der Waals surface area contributed by atoms with Crippen LogP contribution in [0.1, 0.15) is 51.2 Å². The highest BCUT2D eigenvalue weighted by molar-refractivity contribution is 5.87. The van der Waals surface area contributed by atoms with Crippen LogP contribution in [0, 0.1) is 22.6 Å². The van der Waals surface area contributed by atoms with Crippen LogP contribution in [0.2, 0.25) is 0 Å². The predicted octanol–water partition coefficient (Wildman–Crippen LogP) is 5.99. The van der Waals surface area contributed by atoms with Crippen molar-refractivity contribution >= 4 is 23.6 Å². The number of hydrogen-bond acceptors (Lipinski definition) is 3. The van der Waals surface area contributed by atoms with Crippen molar-refractivity contribution in [2.75, 3.05) is 26.0 Å². The highest BCUT2D eigenvalue weighted by Gasteiger charge is 2.32. The van der Waals surface area contributed by atoms with E-state index in [1.807, 2.05) is 12.1 Å². The molecule has 2 aromatic carbocycles. The third kappa shape index (κ3) is 6.81. The summed E-state index contributed by atoms with van der Waals surface area (Å²) in [7, 11) is 3.47. The number of rotatable bonds is 9. The molecule has 0 aliphatic rings. The first-order valence-corrected chi connectivity index (χ1v) is 10.7. The molecule has 1 atom stereocenters. The van der Waals surface area contributed by atoms with Crippen molar-refractivity contribution in [2.24, 2.45) is 11.3 Å². The fourth-order valence-corrected chi connectivity index (χ4v) is 3.68. The monoisotopic (exact) mass is 426 g/mol. The van der Waals surface area contributed by atoms with E-state index in [1.54, 1.807) is 26.2 Å². The van der Waals surface area contributed by atoms with Gasteiger partial charge in [-0.1, -0.05) is 33.8 Å². The molecule has 2 aromatic rings. The lowest BCUT2D eigenvalue weighted by Crippen LogP contribution is -2.42. The number of carbonyl (C=O) groups excluding carboxylic acids is 1. The van der Waals surface area contributed by atoms with Gasteiger partial charge in [0.05, 0.1) is 0 Å². The van der Waals surface area contributed by atoms with Crippen molar-refractivity contribution in [3.8, 4) is 0 Å². The average Bonchev–Trinajstić information content (AvgIpc) is 2.72. The van der Waals surface area contributed by atoms with Gasteiger partial charge in [-0.05, 0) is 65.6 Å². The standard InChI is InChI=1S/C25H35FN4O/c1-17(2)13-22(25(3,4)16-28-24(31)30(5)6)18-7-12-23(19(14-18)15-27)29-21-10-8-20(26)9-11-21/h7-12,14-15,17,22,27,29H,13,16H2,1-6H3,(H,28,31). The molecule has 0 fully saturated rings. The van der Waals surface area contributed by atoms with Crippen LogP contribution in [0.3, 0.4) is 0 Å². The van der Waals surface area contributed by atoms with Gasteiger partial charge in [-0.3, -0.25) is 0 Å². The minimum absolute atomic E-state index is 0.101. The number of amides is 2. The Hall–Kier alpha value is -2.89. The molecule has 1 unspecified atom stereocenters. The Labute approximate surface area is 185 Å².